The van der Waals surface area contributed by atoms with Crippen LogP contribution in [-0.2, 0) is 20.7 Å². The lowest BCUT2D eigenvalue weighted by Gasteiger charge is -2.16. The second-order valence-corrected chi connectivity index (χ2v) is 7.33. The third kappa shape index (κ3) is 5.27. The molecule has 1 N–H and O–H groups in total. The minimum absolute atomic E-state index is 0.131. The highest BCUT2D eigenvalue weighted by molar-refractivity contribution is 6.31. The van der Waals surface area contributed by atoms with Gasteiger partial charge in [0.2, 0.25) is 0 Å². The molecule has 1 unspecified atom stereocenters. The van der Waals surface area contributed by atoms with Crippen LogP contribution >= 0.6 is 11.6 Å². The van der Waals surface area contributed by atoms with E-state index in [0.29, 0.717) is 22.9 Å². The Morgan fingerprint density at radius 3 is 2.70 bits per heavy atom. The number of ether oxygens (including phenoxy) is 2. The van der Waals surface area contributed by atoms with Crippen molar-refractivity contribution in [2.75, 3.05) is 12.4 Å². The van der Waals surface area contributed by atoms with Gasteiger partial charge in [0.15, 0.2) is 6.10 Å². The van der Waals surface area contributed by atoms with Crippen LogP contribution in [0, 0.1) is 6.92 Å². The predicted molar refractivity (Wildman–Crippen MR) is 117 cm³/mol. The molecular formula is C23H23ClN2O4. The molecular weight excluding hydrogens is 404 g/mol. The maximum Gasteiger partial charge on any atom is 0.306 e. The molecule has 1 aromatic heterocycles. The standard InChI is InChI=1S/C23H23ClN2O4/c1-14-12-20(21(29-3)13-18(14)24)26-23(28)15(2)30-22(27)11-10-17-9-8-16-6-4-5-7-19(16)25-17/h4-9,12-13,15H,10-11H2,1-3H3,(H,26,28). The molecule has 0 aliphatic rings. The molecule has 156 valence electrons. The molecule has 1 heterocycles. The van der Waals surface area contributed by atoms with Crippen molar-refractivity contribution in [3.8, 4) is 5.75 Å². The summed E-state index contributed by atoms with van der Waals surface area (Å²) < 4.78 is 10.5. The molecule has 0 bridgehead atoms. The summed E-state index contributed by atoms with van der Waals surface area (Å²) in [6.07, 6.45) is -0.392. The zero-order valence-electron chi connectivity index (χ0n) is 17.1. The second-order valence-electron chi connectivity index (χ2n) is 6.92. The van der Waals surface area contributed by atoms with E-state index in [-0.39, 0.29) is 6.42 Å². The summed E-state index contributed by atoms with van der Waals surface area (Å²) in [5.41, 5.74) is 2.93. The van der Waals surface area contributed by atoms with Crippen LogP contribution in [0.15, 0.2) is 48.5 Å². The van der Waals surface area contributed by atoms with Gasteiger partial charge in [-0.3, -0.25) is 14.6 Å². The lowest BCUT2D eigenvalue weighted by molar-refractivity contribution is -0.153. The minimum Gasteiger partial charge on any atom is -0.495 e. The van der Waals surface area contributed by atoms with Gasteiger partial charge in [-0.25, -0.2) is 0 Å². The molecule has 0 saturated carbocycles. The highest BCUT2D eigenvalue weighted by Crippen LogP contribution is 2.31. The van der Waals surface area contributed by atoms with Crippen molar-refractivity contribution in [3.05, 3.63) is 64.8 Å². The first-order valence-corrected chi connectivity index (χ1v) is 9.94. The van der Waals surface area contributed by atoms with E-state index in [1.165, 1.54) is 14.0 Å². The quantitative estimate of drug-likeness (QED) is 0.553. The molecule has 0 radical (unpaired) electrons. The third-order valence-electron chi connectivity index (χ3n) is 4.66. The van der Waals surface area contributed by atoms with E-state index in [1.54, 1.807) is 12.1 Å². The van der Waals surface area contributed by atoms with E-state index in [4.69, 9.17) is 21.1 Å². The minimum atomic E-state index is -0.956. The van der Waals surface area contributed by atoms with E-state index in [0.717, 1.165) is 22.2 Å². The zero-order chi connectivity index (χ0) is 21.7. The van der Waals surface area contributed by atoms with E-state index in [2.05, 4.69) is 10.3 Å². The number of esters is 1. The number of halogens is 1. The van der Waals surface area contributed by atoms with Gasteiger partial charge in [-0.2, -0.15) is 0 Å². The van der Waals surface area contributed by atoms with E-state index >= 15 is 0 Å². The summed E-state index contributed by atoms with van der Waals surface area (Å²) in [6, 6.07) is 15.0. The van der Waals surface area contributed by atoms with Crippen molar-refractivity contribution in [2.24, 2.45) is 0 Å². The number of para-hydroxylation sites is 1. The molecule has 0 fully saturated rings. The lowest BCUT2D eigenvalue weighted by Crippen LogP contribution is -2.30. The molecule has 0 aliphatic heterocycles. The Morgan fingerprint density at radius 1 is 1.17 bits per heavy atom. The molecule has 3 aromatic rings. The Labute approximate surface area is 180 Å². The van der Waals surface area contributed by atoms with Gasteiger partial charge < -0.3 is 14.8 Å². The van der Waals surface area contributed by atoms with Crippen molar-refractivity contribution in [1.29, 1.82) is 0 Å². The number of hydrogen-bond donors (Lipinski definition) is 1. The first-order chi connectivity index (χ1) is 14.4. The highest BCUT2D eigenvalue weighted by Gasteiger charge is 2.20. The summed E-state index contributed by atoms with van der Waals surface area (Å²) in [4.78, 5) is 29.2. The molecule has 1 amide bonds. The number of nitrogens with zero attached hydrogens (tertiary/aromatic N) is 1. The number of benzene rings is 2. The Hall–Kier alpha value is -3.12. The van der Waals surface area contributed by atoms with Crippen molar-refractivity contribution in [1.82, 2.24) is 4.98 Å². The largest absolute Gasteiger partial charge is 0.495 e. The number of nitrogens with one attached hydrogen (secondary N) is 1. The highest BCUT2D eigenvalue weighted by atomic mass is 35.5. The Kier molecular flexibility index (Phi) is 6.90. The molecule has 0 aliphatic carbocycles. The van der Waals surface area contributed by atoms with E-state index in [1.807, 2.05) is 43.3 Å². The summed E-state index contributed by atoms with van der Waals surface area (Å²) in [6.45, 7) is 3.35. The van der Waals surface area contributed by atoms with Crippen LogP contribution in [-0.4, -0.2) is 30.1 Å². The van der Waals surface area contributed by atoms with Gasteiger partial charge >= 0.3 is 5.97 Å². The van der Waals surface area contributed by atoms with Gasteiger partial charge in [-0.05, 0) is 37.6 Å². The number of hydrogen-bond acceptors (Lipinski definition) is 5. The fraction of sp³-hybridized carbons (Fsp3) is 0.261. The fourth-order valence-corrected chi connectivity index (χ4v) is 3.11. The molecule has 0 saturated heterocycles. The van der Waals surface area contributed by atoms with Crippen LogP contribution in [0.5, 0.6) is 5.75 Å². The van der Waals surface area contributed by atoms with Crippen molar-refractivity contribution < 1.29 is 19.1 Å². The van der Waals surface area contributed by atoms with Gasteiger partial charge in [-0.1, -0.05) is 35.9 Å². The lowest BCUT2D eigenvalue weighted by atomic mass is 10.1. The van der Waals surface area contributed by atoms with Gasteiger partial charge in [0.25, 0.3) is 5.91 Å². The molecule has 7 heteroatoms. The molecule has 30 heavy (non-hydrogen) atoms. The molecule has 3 rings (SSSR count). The van der Waals surface area contributed by atoms with Gasteiger partial charge in [0.05, 0.1) is 24.7 Å². The SMILES string of the molecule is COc1cc(Cl)c(C)cc1NC(=O)C(C)OC(=O)CCc1ccc2ccccc2n1. The number of fused-ring (bicyclic) bond motifs is 1. The number of carbonyl (C=O) groups is 2. The maximum absolute atomic E-state index is 12.4. The van der Waals surface area contributed by atoms with Crippen molar-refractivity contribution >= 4 is 40.1 Å². The van der Waals surface area contributed by atoms with Gasteiger partial charge in [0, 0.05) is 28.6 Å². The van der Waals surface area contributed by atoms with Crippen LogP contribution in [0.2, 0.25) is 5.02 Å². The summed E-state index contributed by atoms with van der Waals surface area (Å²) in [5, 5.41) is 4.29. The van der Waals surface area contributed by atoms with Crippen molar-refractivity contribution in [2.45, 2.75) is 32.8 Å². The van der Waals surface area contributed by atoms with Gasteiger partial charge in [0.1, 0.15) is 5.75 Å². The molecule has 1 atom stereocenters. The predicted octanol–water partition coefficient (Wildman–Crippen LogP) is 4.71. The number of rotatable bonds is 7. The monoisotopic (exact) mass is 426 g/mol. The van der Waals surface area contributed by atoms with Crippen LogP contribution in [0.4, 0.5) is 5.69 Å². The Balaban J connectivity index is 1.55. The number of pyridine rings is 1. The molecule has 0 spiro atoms. The van der Waals surface area contributed by atoms with Crippen LogP contribution in [0.1, 0.15) is 24.6 Å². The number of anilines is 1. The average Bonchev–Trinajstić information content (AvgIpc) is 2.74. The topological polar surface area (TPSA) is 77.5 Å². The first-order valence-electron chi connectivity index (χ1n) is 9.56. The zero-order valence-corrected chi connectivity index (χ0v) is 17.8. The number of methoxy groups -OCH3 is 1. The number of amides is 1. The van der Waals surface area contributed by atoms with Gasteiger partial charge in [-0.15, -0.1) is 0 Å². The summed E-state index contributed by atoms with van der Waals surface area (Å²) >= 11 is 6.08. The smallest absolute Gasteiger partial charge is 0.306 e. The summed E-state index contributed by atoms with van der Waals surface area (Å²) in [7, 11) is 1.49. The number of carbonyl (C=O) groups excluding carboxylic acids is 2. The van der Waals surface area contributed by atoms with Crippen molar-refractivity contribution in [3.63, 3.8) is 0 Å². The number of aryl methyl sites for hydroxylation is 2. The second kappa shape index (κ2) is 9.59. The normalized spacial score (nSPS) is 11.7. The Bertz CT molecular complexity index is 1080. The van der Waals surface area contributed by atoms with Crippen LogP contribution in [0.25, 0.3) is 10.9 Å². The number of aromatic nitrogens is 1. The maximum atomic E-state index is 12.4. The van der Waals surface area contributed by atoms with Crippen LogP contribution < -0.4 is 10.1 Å². The Morgan fingerprint density at radius 2 is 1.93 bits per heavy atom. The fourth-order valence-electron chi connectivity index (χ4n) is 2.95. The first kappa shape index (κ1) is 21.6. The average molecular weight is 427 g/mol. The summed E-state index contributed by atoms with van der Waals surface area (Å²) in [5.74, 6) is -0.487. The van der Waals surface area contributed by atoms with E-state index < -0.39 is 18.0 Å². The molecule has 6 nitrogen and oxygen atoms in total. The third-order valence-corrected chi connectivity index (χ3v) is 5.06. The molecule has 2 aromatic carbocycles. The van der Waals surface area contributed by atoms with Crippen LogP contribution in [0.3, 0.4) is 0 Å². The van der Waals surface area contributed by atoms with E-state index in [9.17, 15) is 9.59 Å².